The standard InChI is InChI=1S/C17H23N5OS/c1-12(23)21-17-22-15(11-24-17)9-8-14-6-4-13(5-7-14)3-2-10-20-16(18)19/h4-7,11H,2-3,8-10H2,1H3,(H4,18,19,20)(H,21,22,23). The van der Waals surface area contributed by atoms with Crippen LogP contribution in [0.25, 0.3) is 0 Å². The number of thiazole rings is 1. The largest absolute Gasteiger partial charge is 0.370 e. The number of hydrogen-bond acceptors (Lipinski definition) is 4. The van der Waals surface area contributed by atoms with E-state index in [0.717, 1.165) is 37.9 Å². The summed E-state index contributed by atoms with van der Waals surface area (Å²) in [6.45, 7) is 2.20. The second kappa shape index (κ2) is 9.02. The Bertz CT molecular complexity index is 681. The first-order valence-electron chi connectivity index (χ1n) is 7.90. The molecule has 0 fully saturated rings. The molecule has 5 N–H and O–H groups in total. The number of benzene rings is 1. The van der Waals surface area contributed by atoms with Gasteiger partial charge in [-0.05, 0) is 36.8 Å². The third-order valence-corrected chi connectivity index (χ3v) is 4.29. The molecule has 0 aliphatic carbocycles. The fourth-order valence-electron chi connectivity index (χ4n) is 2.29. The van der Waals surface area contributed by atoms with Gasteiger partial charge in [-0.1, -0.05) is 24.3 Å². The Balaban J connectivity index is 1.76. The molecule has 0 radical (unpaired) electrons. The van der Waals surface area contributed by atoms with Crippen LogP contribution in [0, 0.1) is 5.41 Å². The van der Waals surface area contributed by atoms with Crippen LogP contribution in [0.15, 0.2) is 29.6 Å². The van der Waals surface area contributed by atoms with Gasteiger partial charge in [-0.15, -0.1) is 11.3 Å². The molecule has 1 heterocycles. The average Bonchev–Trinajstić information content (AvgIpc) is 2.97. The van der Waals surface area contributed by atoms with Crippen molar-refractivity contribution in [1.29, 1.82) is 5.41 Å². The third-order valence-electron chi connectivity index (χ3n) is 3.49. The molecule has 1 aromatic heterocycles. The van der Waals surface area contributed by atoms with Gasteiger partial charge in [-0.25, -0.2) is 4.98 Å². The van der Waals surface area contributed by atoms with Crippen LogP contribution in [-0.4, -0.2) is 23.4 Å². The molecular formula is C17H23N5OS. The van der Waals surface area contributed by atoms with E-state index in [1.165, 1.54) is 29.4 Å². The van der Waals surface area contributed by atoms with Crippen LogP contribution >= 0.6 is 11.3 Å². The van der Waals surface area contributed by atoms with Gasteiger partial charge in [0.15, 0.2) is 11.1 Å². The number of aryl methyl sites for hydroxylation is 3. The molecule has 0 atom stereocenters. The first kappa shape index (κ1) is 17.9. The topological polar surface area (TPSA) is 104 Å². The number of carbonyl (C=O) groups excluding carboxylic acids is 1. The van der Waals surface area contributed by atoms with Crippen LogP contribution < -0.4 is 16.4 Å². The van der Waals surface area contributed by atoms with Gasteiger partial charge in [0.2, 0.25) is 5.91 Å². The molecule has 0 aliphatic rings. The second-order valence-corrected chi connectivity index (χ2v) is 6.44. The van der Waals surface area contributed by atoms with Crippen LogP contribution in [-0.2, 0) is 24.1 Å². The Morgan fingerprint density at radius 1 is 1.21 bits per heavy atom. The number of nitrogens with zero attached hydrogens (tertiary/aromatic N) is 1. The van der Waals surface area contributed by atoms with Crippen molar-refractivity contribution in [3.05, 3.63) is 46.5 Å². The smallest absolute Gasteiger partial charge is 0.223 e. The number of carbonyl (C=O) groups is 1. The fourth-order valence-corrected chi connectivity index (χ4v) is 3.08. The van der Waals surface area contributed by atoms with Crippen molar-refractivity contribution in [3.63, 3.8) is 0 Å². The molecule has 0 aliphatic heterocycles. The molecule has 2 aromatic rings. The SMILES string of the molecule is CC(=O)Nc1nc(CCc2ccc(CCCNC(=N)N)cc2)cs1. The number of amides is 1. The molecule has 6 nitrogen and oxygen atoms in total. The van der Waals surface area contributed by atoms with Crippen molar-refractivity contribution < 1.29 is 4.79 Å². The van der Waals surface area contributed by atoms with E-state index in [0.29, 0.717) is 5.13 Å². The molecule has 0 bridgehead atoms. The molecule has 0 saturated carbocycles. The van der Waals surface area contributed by atoms with Crippen LogP contribution in [0.5, 0.6) is 0 Å². The molecule has 0 spiro atoms. The Hall–Kier alpha value is -2.41. The predicted molar refractivity (Wildman–Crippen MR) is 98.5 cm³/mol. The minimum atomic E-state index is -0.0926. The molecule has 128 valence electrons. The first-order valence-corrected chi connectivity index (χ1v) is 8.78. The molecule has 1 aromatic carbocycles. The van der Waals surface area contributed by atoms with Crippen LogP contribution in [0.4, 0.5) is 5.13 Å². The van der Waals surface area contributed by atoms with E-state index in [-0.39, 0.29) is 11.9 Å². The Kier molecular flexibility index (Phi) is 6.74. The van der Waals surface area contributed by atoms with E-state index in [9.17, 15) is 4.79 Å². The summed E-state index contributed by atoms with van der Waals surface area (Å²) < 4.78 is 0. The van der Waals surface area contributed by atoms with Crippen molar-refractivity contribution in [3.8, 4) is 0 Å². The normalized spacial score (nSPS) is 10.4. The molecular weight excluding hydrogens is 322 g/mol. The molecule has 2 rings (SSSR count). The van der Waals surface area contributed by atoms with Gasteiger partial charge in [-0.2, -0.15) is 0 Å². The lowest BCUT2D eigenvalue weighted by Gasteiger charge is -2.05. The Labute approximate surface area is 146 Å². The summed E-state index contributed by atoms with van der Waals surface area (Å²) in [6.07, 6.45) is 3.70. The quantitative estimate of drug-likeness (QED) is 0.335. The van der Waals surface area contributed by atoms with Crippen molar-refractivity contribution >= 4 is 28.3 Å². The zero-order valence-corrected chi connectivity index (χ0v) is 14.6. The maximum atomic E-state index is 11.0. The van der Waals surface area contributed by atoms with Gasteiger partial charge in [0.25, 0.3) is 0 Å². The van der Waals surface area contributed by atoms with Crippen molar-refractivity contribution in [2.75, 3.05) is 11.9 Å². The number of aromatic nitrogens is 1. The van der Waals surface area contributed by atoms with Crippen LogP contribution in [0.3, 0.4) is 0 Å². The highest BCUT2D eigenvalue weighted by Crippen LogP contribution is 2.17. The zero-order chi connectivity index (χ0) is 17.4. The lowest BCUT2D eigenvalue weighted by molar-refractivity contribution is -0.114. The zero-order valence-electron chi connectivity index (χ0n) is 13.8. The van der Waals surface area contributed by atoms with Gasteiger partial charge in [-0.3, -0.25) is 10.2 Å². The Morgan fingerprint density at radius 2 is 1.88 bits per heavy atom. The first-order chi connectivity index (χ1) is 11.5. The van der Waals surface area contributed by atoms with Crippen molar-refractivity contribution in [1.82, 2.24) is 10.3 Å². The second-order valence-electron chi connectivity index (χ2n) is 5.59. The summed E-state index contributed by atoms with van der Waals surface area (Å²) in [7, 11) is 0. The lowest BCUT2D eigenvalue weighted by atomic mass is 10.0. The number of rotatable bonds is 8. The molecule has 24 heavy (non-hydrogen) atoms. The van der Waals surface area contributed by atoms with Crippen LogP contribution in [0.1, 0.15) is 30.2 Å². The number of anilines is 1. The maximum absolute atomic E-state index is 11.0. The number of nitrogens with two attached hydrogens (primary N) is 1. The highest BCUT2D eigenvalue weighted by atomic mass is 32.1. The third kappa shape index (κ3) is 6.37. The van der Waals surface area contributed by atoms with E-state index < -0.39 is 0 Å². The minimum Gasteiger partial charge on any atom is -0.370 e. The lowest BCUT2D eigenvalue weighted by Crippen LogP contribution is -2.31. The average molecular weight is 345 g/mol. The van der Waals surface area contributed by atoms with Gasteiger partial charge in [0, 0.05) is 18.8 Å². The summed E-state index contributed by atoms with van der Waals surface area (Å²) in [6, 6.07) is 8.59. The minimum absolute atomic E-state index is 0.0223. The van der Waals surface area contributed by atoms with Crippen molar-refractivity contribution in [2.24, 2.45) is 5.73 Å². The van der Waals surface area contributed by atoms with Gasteiger partial charge in [0.05, 0.1) is 5.69 Å². The summed E-state index contributed by atoms with van der Waals surface area (Å²) in [4.78, 5) is 15.4. The van der Waals surface area contributed by atoms with Crippen LogP contribution in [0.2, 0.25) is 0 Å². The van der Waals surface area contributed by atoms with Gasteiger partial charge < -0.3 is 16.4 Å². The number of nitrogens with one attached hydrogen (secondary N) is 3. The highest BCUT2D eigenvalue weighted by molar-refractivity contribution is 7.13. The molecule has 0 saturated heterocycles. The maximum Gasteiger partial charge on any atom is 0.223 e. The summed E-state index contributed by atoms with van der Waals surface area (Å²) in [5.41, 5.74) is 8.80. The van der Waals surface area contributed by atoms with E-state index >= 15 is 0 Å². The molecule has 0 unspecified atom stereocenters. The molecule has 7 heteroatoms. The van der Waals surface area contributed by atoms with E-state index in [1.54, 1.807) is 0 Å². The number of guanidine groups is 1. The summed E-state index contributed by atoms with van der Waals surface area (Å²) in [5, 5.41) is 15.3. The number of hydrogen-bond donors (Lipinski definition) is 4. The molecule has 1 amide bonds. The van der Waals surface area contributed by atoms with E-state index in [2.05, 4.69) is 39.9 Å². The van der Waals surface area contributed by atoms with Gasteiger partial charge >= 0.3 is 0 Å². The summed E-state index contributed by atoms with van der Waals surface area (Å²) >= 11 is 1.46. The Morgan fingerprint density at radius 3 is 2.50 bits per heavy atom. The predicted octanol–water partition coefficient (Wildman–Crippen LogP) is 2.30. The highest BCUT2D eigenvalue weighted by Gasteiger charge is 2.04. The monoisotopic (exact) mass is 345 g/mol. The van der Waals surface area contributed by atoms with Gasteiger partial charge in [0.1, 0.15) is 0 Å². The summed E-state index contributed by atoms with van der Waals surface area (Å²) in [5.74, 6) is -0.0703. The van der Waals surface area contributed by atoms with Crippen molar-refractivity contribution in [2.45, 2.75) is 32.6 Å². The fraction of sp³-hybridized carbons (Fsp3) is 0.353. The van der Waals surface area contributed by atoms with E-state index in [1.807, 2.05) is 5.38 Å². The van der Waals surface area contributed by atoms with E-state index in [4.69, 9.17) is 11.1 Å².